The van der Waals surface area contributed by atoms with E-state index in [0.29, 0.717) is 18.1 Å². The molecule has 2 heterocycles. The van der Waals surface area contributed by atoms with Crippen molar-refractivity contribution in [3.63, 3.8) is 0 Å². The normalized spacial score (nSPS) is 10.8. The number of methoxy groups -OCH3 is 1. The summed E-state index contributed by atoms with van der Waals surface area (Å²) in [4.78, 5) is 11.9. The minimum absolute atomic E-state index is 0.228. The van der Waals surface area contributed by atoms with Crippen LogP contribution in [0.1, 0.15) is 5.56 Å². The average molecular weight is 299 g/mol. The summed E-state index contributed by atoms with van der Waals surface area (Å²) in [6.07, 6.45) is 2.55. The van der Waals surface area contributed by atoms with Crippen molar-refractivity contribution in [3.05, 3.63) is 52.6 Å². The van der Waals surface area contributed by atoms with Gasteiger partial charge in [0, 0.05) is 19.8 Å². The van der Waals surface area contributed by atoms with Crippen molar-refractivity contribution < 1.29 is 4.74 Å². The summed E-state index contributed by atoms with van der Waals surface area (Å²) in [5.41, 5.74) is 1.57. The molecule has 0 amide bonds. The molecule has 1 N–H and O–H groups in total. The predicted octanol–water partition coefficient (Wildman–Crippen LogP) is 1.22. The number of hydrogen-bond donors (Lipinski definition) is 1. The Morgan fingerprint density at radius 2 is 2.00 bits per heavy atom. The zero-order valence-electron chi connectivity index (χ0n) is 12.5. The molecule has 0 atom stereocenters. The van der Waals surface area contributed by atoms with Gasteiger partial charge in [0.15, 0.2) is 5.82 Å². The van der Waals surface area contributed by atoms with Gasteiger partial charge >= 0.3 is 5.69 Å². The van der Waals surface area contributed by atoms with Crippen LogP contribution in [0.5, 0.6) is 5.75 Å². The molecule has 2 aromatic heterocycles. The molecule has 3 rings (SSSR count). The first-order chi connectivity index (χ1) is 10.7. The Morgan fingerprint density at radius 3 is 2.64 bits per heavy atom. The topological polar surface area (TPSA) is 77.7 Å². The summed E-state index contributed by atoms with van der Waals surface area (Å²) in [6.45, 7) is 0.535. The smallest absolute Gasteiger partial charge is 0.343 e. The van der Waals surface area contributed by atoms with E-state index in [1.807, 2.05) is 43.6 Å². The number of H-pyrrole nitrogens is 1. The van der Waals surface area contributed by atoms with E-state index in [0.717, 1.165) is 17.7 Å². The molecule has 0 saturated heterocycles. The second-order valence-electron chi connectivity index (χ2n) is 4.98. The molecule has 0 spiro atoms. The van der Waals surface area contributed by atoms with Gasteiger partial charge in [0.25, 0.3) is 0 Å². The number of aryl methyl sites for hydroxylation is 2. The van der Waals surface area contributed by atoms with E-state index in [1.165, 1.54) is 0 Å². The molecule has 7 nitrogen and oxygen atoms in total. The van der Waals surface area contributed by atoms with Crippen molar-refractivity contribution in [1.82, 2.24) is 24.5 Å². The van der Waals surface area contributed by atoms with Crippen LogP contribution in [0.2, 0.25) is 0 Å². The number of benzene rings is 1. The second kappa shape index (κ2) is 5.88. The molecule has 1 aromatic carbocycles. The van der Waals surface area contributed by atoms with Crippen LogP contribution in [-0.2, 0) is 20.0 Å². The first kappa shape index (κ1) is 14.1. The van der Waals surface area contributed by atoms with Crippen LogP contribution in [0.15, 0.2) is 41.3 Å². The highest BCUT2D eigenvalue weighted by Gasteiger charge is 2.12. The van der Waals surface area contributed by atoms with Crippen LogP contribution < -0.4 is 10.4 Å². The van der Waals surface area contributed by atoms with Gasteiger partial charge in [0.2, 0.25) is 0 Å². The van der Waals surface area contributed by atoms with E-state index >= 15 is 0 Å². The lowest BCUT2D eigenvalue weighted by Gasteiger charge is -2.05. The number of rotatable bonds is 5. The molecule has 7 heteroatoms. The van der Waals surface area contributed by atoms with Crippen LogP contribution >= 0.6 is 0 Å². The minimum atomic E-state index is -0.228. The number of hydrogen-bond acceptors (Lipinski definition) is 4. The van der Waals surface area contributed by atoms with Crippen LogP contribution in [0.25, 0.3) is 11.5 Å². The van der Waals surface area contributed by atoms with Crippen LogP contribution in [0.3, 0.4) is 0 Å². The number of ether oxygens (including phenoxy) is 1. The van der Waals surface area contributed by atoms with Gasteiger partial charge in [0.05, 0.1) is 7.11 Å². The summed E-state index contributed by atoms with van der Waals surface area (Å²) in [5.74, 6) is 1.37. The summed E-state index contributed by atoms with van der Waals surface area (Å²) in [7, 11) is 3.47. The van der Waals surface area contributed by atoms with Crippen molar-refractivity contribution in [2.45, 2.75) is 13.0 Å². The van der Waals surface area contributed by atoms with E-state index in [4.69, 9.17) is 4.74 Å². The molecular weight excluding hydrogens is 282 g/mol. The summed E-state index contributed by atoms with van der Waals surface area (Å²) >= 11 is 0. The van der Waals surface area contributed by atoms with Gasteiger partial charge in [-0.25, -0.2) is 9.89 Å². The largest absolute Gasteiger partial charge is 0.497 e. The Hall–Kier alpha value is -2.83. The Labute approximate surface area is 127 Å². The molecule has 0 radical (unpaired) electrons. The number of nitrogens with one attached hydrogen (secondary N) is 1. The average Bonchev–Trinajstić information content (AvgIpc) is 3.11. The van der Waals surface area contributed by atoms with Crippen LogP contribution in [0.4, 0.5) is 0 Å². The van der Waals surface area contributed by atoms with Gasteiger partial charge < -0.3 is 4.74 Å². The van der Waals surface area contributed by atoms with E-state index in [9.17, 15) is 4.79 Å². The highest BCUT2D eigenvalue weighted by molar-refractivity contribution is 5.47. The predicted molar refractivity (Wildman–Crippen MR) is 81.7 cm³/mol. The summed E-state index contributed by atoms with van der Waals surface area (Å²) in [5, 5.41) is 10.8. The third kappa shape index (κ3) is 2.78. The molecule has 0 unspecified atom stereocenters. The van der Waals surface area contributed by atoms with Gasteiger partial charge in [-0.05, 0) is 30.2 Å². The fourth-order valence-corrected chi connectivity index (χ4v) is 2.29. The third-order valence-electron chi connectivity index (χ3n) is 3.48. The maximum Gasteiger partial charge on any atom is 0.343 e. The lowest BCUT2D eigenvalue weighted by molar-refractivity contribution is 0.414. The number of aromatic amines is 1. The highest BCUT2D eigenvalue weighted by atomic mass is 16.5. The van der Waals surface area contributed by atoms with Gasteiger partial charge in [-0.15, -0.1) is 0 Å². The number of nitrogens with zero attached hydrogens (tertiary/aromatic N) is 4. The molecule has 0 aliphatic carbocycles. The first-order valence-electron chi connectivity index (χ1n) is 6.95. The fraction of sp³-hybridized carbons (Fsp3) is 0.267. The van der Waals surface area contributed by atoms with Crippen molar-refractivity contribution in [1.29, 1.82) is 0 Å². The van der Waals surface area contributed by atoms with Gasteiger partial charge in [0.1, 0.15) is 11.4 Å². The van der Waals surface area contributed by atoms with Crippen molar-refractivity contribution in [2.24, 2.45) is 7.05 Å². The maximum atomic E-state index is 11.9. The SMILES string of the molecule is COc1ccc(CCn2c(-c3ccn(C)n3)n[nH]c2=O)cc1. The van der Waals surface area contributed by atoms with E-state index in [-0.39, 0.29) is 5.69 Å². The Morgan fingerprint density at radius 1 is 1.23 bits per heavy atom. The van der Waals surface area contributed by atoms with Crippen LogP contribution in [0, 0.1) is 0 Å². The molecule has 0 fully saturated rings. The molecule has 0 aliphatic heterocycles. The van der Waals surface area contributed by atoms with E-state index < -0.39 is 0 Å². The monoisotopic (exact) mass is 299 g/mol. The van der Waals surface area contributed by atoms with Gasteiger partial charge in [-0.1, -0.05) is 12.1 Å². The number of aromatic nitrogens is 5. The lowest BCUT2D eigenvalue weighted by atomic mass is 10.1. The lowest BCUT2D eigenvalue weighted by Crippen LogP contribution is -2.19. The molecule has 3 aromatic rings. The Kier molecular flexibility index (Phi) is 3.78. The maximum absolute atomic E-state index is 11.9. The van der Waals surface area contributed by atoms with Gasteiger partial charge in [-0.3, -0.25) is 9.25 Å². The molecule has 114 valence electrons. The first-order valence-corrected chi connectivity index (χ1v) is 6.95. The molecule has 0 bridgehead atoms. The minimum Gasteiger partial charge on any atom is -0.497 e. The Bertz CT molecular complexity index is 813. The fourth-order valence-electron chi connectivity index (χ4n) is 2.29. The zero-order chi connectivity index (χ0) is 15.5. The standard InChI is InChI=1S/C15H17N5O2/c1-19-9-8-13(18-19)14-16-17-15(21)20(14)10-7-11-3-5-12(22-2)6-4-11/h3-6,8-9H,7,10H2,1-2H3,(H,17,21). The highest BCUT2D eigenvalue weighted by Crippen LogP contribution is 2.14. The van der Waals surface area contributed by atoms with Gasteiger partial charge in [-0.2, -0.15) is 10.2 Å². The second-order valence-corrected chi connectivity index (χ2v) is 4.98. The summed E-state index contributed by atoms with van der Waals surface area (Å²) in [6, 6.07) is 9.63. The Balaban J connectivity index is 1.80. The molecule has 22 heavy (non-hydrogen) atoms. The molecule has 0 aliphatic rings. The molecule has 0 saturated carbocycles. The third-order valence-corrected chi connectivity index (χ3v) is 3.48. The molecular formula is C15H17N5O2. The quantitative estimate of drug-likeness (QED) is 0.768. The van der Waals surface area contributed by atoms with Crippen molar-refractivity contribution in [3.8, 4) is 17.3 Å². The van der Waals surface area contributed by atoms with Crippen LogP contribution in [-0.4, -0.2) is 31.7 Å². The van der Waals surface area contributed by atoms with E-state index in [2.05, 4.69) is 15.3 Å². The zero-order valence-corrected chi connectivity index (χ0v) is 12.5. The van der Waals surface area contributed by atoms with E-state index in [1.54, 1.807) is 16.4 Å². The van der Waals surface area contributed by atoms with Crippen molar-refractivity contribution in [2.75, 3.05) is 7.11 Å². The van der Waals surface area contributed by atoms with Crippen molar-refractivity contribution >= 4 is 0 Å². The summed E-state index contributed by atoms with van der Waals surface area (Å²) < 4.78 is 8.42.